The molecule has 5 aromatic rings. The van der Waals surface area contributed by atoms with Crippen LogP contribution in [-0.2, 0) is 4.79 Å². The molecular weight excluding hydrogens is 478 g/mol. The molecule has 6 rings (SSSR count). The van der Waals surface area contributed by atoms with Crippen molar-refractivity contribution in [3.05, 3.63) is 84.6 Å². The van der Waals surface area contributed by atoms with Gasteiger partial charge in [0.15, 0.2) is 11.5 Å². The molecule has 9 heteroatoms. The lowest BCUT2D eigenvalue weighted by Crippen LogP contribution is -2.16. The van der Waals surface area contributed by atoms with E-state index in [1.165, 1.54) is 11.8 Å². The van der Waals surface area contributed by atoms with Gasteiger partial charge in [0.05, 0.1) is 11.3 Å². The number of aromatic nitrogens is 1. The number of carbonyl (C=O) groups excluding carboxylic acids is 2. The van der Waals surface area contributed by atoms with Crippen LogP contribution in [-0.4, -0.2) is 29.3 Å². The third-order valence-corrected chi connectivity index (χ3v) is 6.65. The molecule has 1 aliphatic heterocycles. The van der Waals surface area contributed by atoms with Crippen LogP contribution >= 0.6 is 11.8 Å². The molecule has 0 saturated carbocycles. The van der Waals surface area contributed by atoms with Gasteiger partial charge in [-0.15, -0.1) is 0 Å². The second-order valence-electron chi connectivity index (χ2n) is 8.02. The normalized spacial score (nSPS) is 12.1. The summed E-state index contributed by atoms with van der Waals surface area (Å²) in [6, 6.07) is 21.9. The minimum Gasteiger partial charge on any atom is -0.456 e. The minimum atomic E-state index is -0.311. The Hall–Kier alpha value is -4.50. The first-order chi connectivity index (χ1) is 17.6. The maximum Gasteiger partial charge on any atom is 0.258 e. The molecule has 178 valence electrons. The molecule has 0 atom stereocenters. The summed E-state index contributed by atoms with van der Waals surface area (Å²) in [5, 5.41) is 8.13. The number of anilines is 2. The smallest absolute Gasteiger partial charge is 0.258 e. The first-order valence-electron chi connectivity index (χ1n) is 11.1. The van der Waals surface area contributed by atoms with Crippen molar-refractivity contribution in [2.24, 2.45) is 0 Å². The van der Waals surface area contributed by atoms with Gasteiger partial charge in [-0.05, 0) is 48.5 Å². The van der Waals surface area contributed by atoms with Crippen molar-refractivity contribution in [2.45, 2.75) is 5.03 Å². The molecule has 0 radical (unpaired) electrons. The lowest BCUT2D eigenvalue weighted by molar-refractivity contribution is -0.113. The lowest BCUT2D eigenvalue weighted by Gasteiger charge is -2.10. The number of amides is 2. The number of pyridine rings is 1. The fourth-order valence-corrected chi connectivity index (χ4v) is 4.78. The fourth-order valence-electron chi connectivity index (χ4n) is 3.99. The van der Waals surface area contributed by atoms with Gasteiger partial charge in [-0.1, -0.05) is 30.0 Å². The standard InChI is InChI=1S/C27H19N3O5S/c31-25(29-17-8-10-23-24(13-17)34-15-33-23)14-36-27-19(5-3-11-28-27)26(32)30-16-7-9-22-20(12-16)18-4-1-2-6-21(18)35-22/h1-13H,14-15H2,(H,29,31)(H,30,32). The predicted octanol–water partition coefficient (Wildman–Crippen LogP) is 5.69. The van der Waals surface area contributed by atoms with Gasteiger partial charge < -0.3 is 24.5 Å². The van der Waals surface area contributed by atoms with Crippen LogP contribution in [0.15, 0.2) is 88.4 Å². The van der Waals surface area contributed by atoms with Crippen molar-refractivity contribution in [2.75, 3.05) is 23.2 Å². The molecule has 0 aliphatic carbocycles. The topological polar surface area (TPSA) is 103 Å². The average molecular weight is 498 g/mol. The van der Waals surface area contributed by atoms with Crippen LogP contribution in [0.25, 0.3) is 21.9 Å². The first kappa shape index (κ1) is 22.0. The van der Waals surface area contributed by atoms with Gasteiger partial charge in [0, 0.05) is 34.4 Å². The molecule has 0 fully saturated rings. The molecule has 2 N–H and O–H groups in total. The van der Waals surface area contributed by atoms with Gasteiger partial charge in [0.2, 0.25) is 12.7 Å². The number of benzene rings is 3. The van der Waals surface area contributed by atoms with E-state index in [1.54, 1.807) is 42.6 Å². The van der Waals surface area contributed by atoms with Crippen molar-refractivity contribution in [3.63, 3.8) is 0 Å². The van der Waals surface area contributed by atoms with Gasteiger partial charge in [-0.3, -0.25) is 9.59 Å². The molecule has 1 aliphatic rings. The van der Waals surface area contributed by atoms with E-state index in [1.807, 2.05) is 36.4 Å². The highest BCUT2D eigenvalue weighted by Crippen LogP contribution is 2.34. The molecule has 36 heavy (non-hydrogen) atoms. The highest BCUT2D eigenvalue weighted by atomic mass is 32.2. The third kappa shape index (κ3) is 4.32. The molecule has 0 unspecified atom stereocenters. The number of rotatable bonds is 6. The largest absolute Gasteiger partial charge is 0.456 e. The van der Waals surface area contributed by atoms with Crippen LogP contribution in [0.4, 0.5) is 11.4 Å². The molecule has 0 saturated heterocycles. The first-order valence-corrected chi connectivity index (χ1v) is 12.1. The third-order valence-electron chi connectivity index (χ3n) is 5.65. The summed E-state index contributed by atoms with van der Waals surface area (Å²) in [6.45, 7) is 0.166. The second kappa shape index (κ2) is 9.27. The number of nitrogens with one attached hydrogen (secondary N) is 2. The van der Waals surface area contributed by atoms with Crippen LogP contribution in [0.2, 0.25) is 0 Å². The zero-order chi connectivity index (χ0) is 24.5. The van der Waals surface area contributed by atoms with E-state index >= 15 is 0 Å². The van der Waals surface area contributed by atoms with E-state index in [-0.39, 0.29) is 24.4 Å². The Balaban J connectivity index is 1.15. The van der Waals surface area contributed by atoms with Crippen LogP contribution in [0.5, 0.6) is 11.5 Å². The Morgan fingerprint density at radius 3 is 2.58 bits per heavy atom. The summed E-state index contributed by atoms with van der Waals surface area (Å²) in [5.41, 5.74) is 3.17. The molecule has 0 bridgehead atoms. The molecule has 3 heterocycles. The second-order valence-corrected chi connectivity index (χ2v) is 8.99. The summed E-state index contributed by atoms with van der Waals surface area (Å²) >= 11 is 1.19. The number of thioether (sulfide) groups is 1. The Morgan fingerprint density at radius 2 is 1.64 bits per heavy atom. The summed E-state index contributed by atoms with van der Waals surface area (Å²) in [7, 11) is 0. The number of furan rings is 1. The van der Waals surface area contributed by atoms with Gasteiger partial charge in [0.1, 0.15) is 16.2 Å². The van der Waals surface area contributed by atoms with E-state index in [2.05, 4.69) is 15.6 Å². The van der Waals surface area contributed by atoms with E-state index in [0.717, 1.165) is 21.9 Å². The minimum absolute atomic E-state index is 0.0820. The summed E-state index contributed by atoms with van der Waals surface area (Å²) in [5.74, 6) is 0.776. The monoisotopic (exact) mass is 497 g/mol. The van der Waals surface area contributed by atoms with Crippen LogP contribution in [0.1, 0.15) is 10.4 Å². The number of ether oxygens (including phenoxy) is 2. The highest BCUT2D eigenvalue weighted by molar-refractivity contribution is 8.00. The molecule has 3 aromatic carbocycles. The zero-order valence-electron chi connectivity index (χ0n) is 18.8. The van der Waals surface area contributed by atoms with Crippen molar-refractivity contribution in [1.29, 1.82) is 0 Å². The van der Waals surface area contributed by atoms with Crippen molar-refractivity contribution in [1.82, 2.24) is 4.98 Å². The number of carbonyl (C=O) groups is 2. The Morgan fingerprint density at radius 1 is 0.833 bits per heavy atom. The number of nitrogens with zero attached hydrogens (tertiary/aromatic N) is 1. The van der Waals surface area contributed by atoms with Gasteiger partial charge in [-0.2, -0.15) is 0 Å². The van der Waals surface area contributed by atoms with E-state index in [4.69, 9.17) is 13.9 Å². The van der Waals surface area contributed by atoms with E-state index in [0.29, 0.717) is 33.5 Å². The molecule has 2 amide bonds. The van der Waals surface area contributed by atoms with Crippen LogP contribution < -0.4 is 20.1 Å². The molecule has 8 nitrogen and oxygen atoms in total. The van der Waals surface area contributed by atoms with Crippen LogP contribution in [0, 0.1) is 0 Å². The summed E-state index contributed by atoms with van der Waals surface area (Å²) < 4.78 is 16.5. The van der Waals surface area contributed by atoms with Gasteiger partial charge >= 0.3 is 0 Å². The van der Waals surface area contributed by atoms with Gasteiger partial charge in [0.25, 0.3) is 5.91 Å². The van der Waals surface area contributed by atoms with E-state index in [9.17, 15) is 9.59 Å². The lowest BCUT2D eigenvalue weighted by atomic mass is 10.1. The SMILES string of the molecule is O=C(CSc1ncccc1C(=O)Nc1ccc2oc3ccccc3c2c1)Nc1ccc2c(c1)OCO2. The summed E-state index contributed by atoms with van der Waals surface area (Å²) in [6.07, 6.45) is 1.60. The molecule has 0 spiro atoms. The Kier molecular flexibility index (Phi) is 5.67. The fraction of sp³-hybridized carbons (Fsp3) is 0.0741. The van der Waals surface area contributed by atoms with Crippen molar-refractivity contribution < 1.29 is 23.5 Å². The number of fused-ring (bicyclic) bond motifs is 4. The number of para-hydroxylation sites is 1. The number of hydrogen-bond acceptors (Lipinski definition) is 7. The predicted molar refractivity (Wildman–Crippen MR) is 138 cm³/mol. The van der Waals surface area contributed by atoms with Gasteiger partial charge in [-0.25, -0.2) is 4.98 Å². The molecule has 2 aromatic heterocycles. The van der Waals surface area contributed by atoms with E-state index < -0.39 is 0 Å². The average Bonchev–Trinajstić information content (AvgIpc) is 3.51. The Labute approximate surface area is 209 Å². The maximum atomic E-state index is 13.1. The number of hydrogen-bond donors (Lipinski definition) is 2. The van der Waals surface area contributed by atoms with Crippen LogP contribution in [0.3, 0.4) is 0 Å². The Bertz CT molecular complexity index is 1630. The summed E-state index contributed by atoms with van der Waals surface area (Å²) in [4.78, 5) is 29.9. The molecular formula is C27H19N3O5S. The highest BCUT2D eigenvalue weighted by Gasteiger charge is 2.17. The zero-order valence-corrected chi connectivity index (χ0v) is 19.6. The maximum absolute atomic E-state index is 13.1. The van der Waals surface area contributed by atoms with Crippen molar-refractivity contribution in [3.8, 4) is 11.5 Å². The van der Waals surface area contributed by atoms with Crippen molar-refractivity contribution >= 4 is 56.9 Å². The quantitative estimate of drug-likeness (QED) is 0.290.